The number of hydrogen-bond donors (Lipinski definition) is 0. The largest absolute Gasteiger partial charge is 0.496 e. The third-order valence-electron chi connectivity index (χ3n) is 4.43. The van der Waals surface area contributed by atoms with Crippen molar-refractivity contribution in [1.82, 2.24) is 9.88 Å². The van der Waals surface area contributed by atoms with Crippen LogP contribution in [0.4, 0.5) is 5.13 Å². The molecule has 0 aliphatic carbocycles. The molecule has 27 heavy (non-hydrogen) atoms. The van der Waals surface area contributed by atoms with Crippen molar-refractivity contribution in [3.63, 3.8) is 0 Å². The van der Waals surface area contributed by atoms with E-state index in [1.54, 1.807) is 29.4 Å². The molecule has 3 aromatic rings. The molecule has 1 amide bonds. The number of aromatic nitrogens is 1. The van der Waals surface area contributed by atoms with E-state index in [1.165, 1.54) is 5.56 Å². The summed E-state index contributed by atoms with van der Waals surface area (Å²) < 4.78 is 6.50. The zero-order chi connectivity index (χ0) is 19.4. The van der Waals surface area contributed by atoms with Crippen LogP contribution in [-0.2, 0) is 6.42 Å². The van der Waals surface area contributed by atoms with Crippen molar-refractivity contribution in [2.45, 2.75) is 13.3 Å². The van der Waals surface area contributed by atoms with Gasteiger partial charge in [-0.2, -0.15) is 0 Å². The van der Waals surface area contributed by atoms with Gasteiger partial charge in [0.25, 0.3) is 5.91 Å². The highest BCUT2D eigenvalue weighted by Gasteiger charge is 2.23. The standard InChI is InChI=1S/C21H25N3O2S/c1-5-15-10-11-17-19(14-15)27-21(22-17)24(13-12-23(2)3)20(25)16-8-6-7-9-18(16)26-4/h6-11,14H,5,12-13H2,1-4H3. The zero-order valence-corrected chi connectivity index (χ0v) is 17.0. The number of carbonyl (C=O) groups is 1. The predicted molar refractivity (Wildman–Crippen MR) is 112 cm³/mol. The number of thiazole rings is 1. The summed E-state index contributed by atoms with van der Waals surface area (Å²) in [6.45, 7) is 3.44. The van der Waals surface area contributed by atoms with E-state index in [4.69, 9.17) is 9.72 Å². The van der Waals surface area contributed by atoms with Crippen LogP contribution < -0.4 is 9.64 Å². The lowest BCUT2D eigenvalue weighted by Gasteiger charge is -2.22. The molecule has 0 spiro atoms. The molecule has 0 fully saturated rings. The van der Waals surface area contributed by atoms with E-state index in [-0.39, 0.29) is 5.91 Å². The minimum Gasteiger partial charge on any atom is -0.496 e. The Morgan fingerprint density at radius 3 is 2.63 bits per heavy atom. The van der Waals surface area contributed by atoms with Crippen molar-refractivity contribution in [3.8, 4) is 5.75 Å². The van der Waals surface area contributed by atoms with Gasteiger partial charge in [0.1, 0.15) is 5.75 Å². The third kappa shape index (κ3) is 4.28. The first kappa shape index (κ1) is 19.3. The second-order valence-electron chi connectivity index (χ2n) is 6.61. The first-order valence-electron chi connectivity index (χ1n) is 9.02. The molecule has 2 aromatic carbocycles. The molecule has 0 saturated carbocycles. The molecule has 6 heteroatoms. The first-order chi connectivity index (χ1) is 13.0. The van der Waals surface area contributed by atoms with Crippen molar-refractivity contribution < 1.29 is 9.53 Å². The van der Waals surface area contributed by atoms with Crippen molar-refractivity contribution in [1.29, 1.82) is 0 Å². The molecule has 0 N–H and O–H groups in total. The predicted octanol–water partition coefficient (Wildman–Crippen LogP) is 4.08. The van der Waals surface area contributed by atoms with Gasteiger partial charge >= 0.3 is 0 Å². The van der Waals surface area contributed by atoms with Gasteiger partial charge in [-0.05, 0) is 50.3 Å². The van der Waals surface area contributed by atoms with Gasteiger partial charge in [-0.25, -0.2) is 4.98 Å². The molecule has 0 aliphatic rings. The van der Waals surface area contributed by atoms with Gasteiger partial charge in [0.05, 0.1) is 22.9 Å². The van der Waals surface area contributed by atoms with E-state index in [9.17, 15) is 4.79 Å². The fourth-order valence-electron chi connectivity index (χ4n) is 2.84. The third-order valence-corrected chi connectivity index (χ3v) is 5.48. The highest BCUT2D eigenvalue weighted by atomic mass is 32.1. The van der Waals surface area contributed by atoms with Crippen LogP contribution >= 0.6 is 11.3 Å². The maximum atomic E-state index is 13.3. The van der Waals surface area contributed by atoms with Crippen molar-refractivity contribution in [2.24, 2.45) is 0 Å². The topological polar surface area (TPSA) is 45.7 Å². The molecule has 0 saturated heterocycles. The van der Waals surface area contributed by atoms with E-state index in [1.807, 2.05) is 38.4 Å². The van der Waals surface area contributed by atoms with Crippen LogP contribution in [-0.4, -0.2) is 50.1 Å². The van der Waals surface area contributed by atoms with E-state index in [0.29, 0.717) is 17.9 Å². The lowest BCUT2D eigenvalue weighted by Crippen LogP contribution is -2.36. The summed E-state index contributed by atoms with van der Waals surface area (Å²) in [6.07, 6.45) is 0.980. The molecule has 142 valence electrons. The van der Waals surface area contributed by atoms with Gasteiger partial charge in [-0.3, -0.25) is 9.69 Å². The molecule has 0 radical (unpaired) electrons. The van der Waals surface area contributed by atoms with Crippen LogP contribution in [0.3, 0.4) is 0 Å². The number of ether oxygens (including phenoxy) is 1. The van der Waals surface area contributed by atoms with Crippen molar-refractivity contribution in [3.05, 3.63) is 53.6 Å². The van der Waals surface area contributed by atoms with E-state index < -0.39 is 0 Å². The van der Waals surface area contributed by atoms with Crippen LogP contribution in [0.5, 0.6) is 5.75 Å². The quantitative estimate of drug-likeness (QED) is 0.617. The minimum atomic E-state index is -0.0935. The Morgan fingerprint density at radius 2 is 1.93 bits per heavy atom. The smallest absolute Gasteiger partial charge is 0.263 e. The number of aryl methyl sites for hydroxylation is 1. The first-order valence-corrected chi connectivity index (χ1v) is 9.84. The fraction of sp³-hybridized carbons (Fsp3) is 0.333. The summed E-state index contributed by atoms with van der Waals surface area (Å²) in [7, 11) is 5.58. The number of carbonyl (C=O) groups excluding carboxylic acids is 1. The summed E-state index contributed by atoms with van der Waals surface area (Å²) in [4.78, 5) is 21.9. The highest BCUT2D eigenvalue weighted by Crippen LogP contribution is 2.31. The van der Waals surface area contributed by atoms with Gasteiger partial charge in [-0.1, -0.05) is 36.5 Å². The van der Waals surface area contributed by atoms with Crippen molar-refractivity contribution in [2.75, 3.05) is 39.2 Å². The number of amides is 1. The highest BCUT2D eigenvalue weighted by molar-refractivity contribution is 7.22. The number of para-hydroxylation sites is 1. The Morgan fingerprint density at radius 1 is 1.15 bits per heavy atom. The molecule has 5 nitrogen and oxygen atoms in total. The van der Waals surface area contributed by atoms with Crippen LogP contribution in [0.25, 0.3) is 10.2 Å². The maximum absolute atomic E-state index is 13.3. The van der Waals surface area contributed by atoms with E-state index in [2.05, 4.69) is 24.0 Å². The number of anilines is 1. The van der Waals surface area contributed by atoms with Crippen LogP contribution in [0, 0.1) is 0 Å². The maximum Gasteiger partial charge on any atom is 0.263 e. The molecular weight excluding hydrogens is 358 g/mol. The fourth-order valence-corrected chi connectivity index (χ4v) is 3.90. The van der Waals surface area contributed by atoms with E-state index >= 15 is 0 Å². The molecule has 0 unspecified atom stereocenters. The number of benzene rings is 2. The lowest BCUT2D eigenvalue weighted by atomic mass is 10.1. The lowest BCUT2D eigenvalue weighted by molar-refractivity contribution is 0.0982. The van der Waals surface area contributed by atoms with Gasteiger partial charge in [0, 0.05) is 13.1 Å². The Hall–Kier alpha value is -2.44. The van der Waals surface area contributed by atoms with Crippen molar-refractivity contribution >= 4 is 32.6 Å². The molecule has 1 aromatic heterocycles. The van der Waals surface area contributed by atoms with Crippen LogP contribution in [0.2, 0.25) is 0 Å². The summed E-state index contributed by atoms with van der Waals surface area (Å²) in [5, 5.41) is 0.719. The molecular formula is C21H25N3O2S. The Balaban J connectivity index is 2.01. The Kier molecular flexibility index (Phi) is 6.08. The molecule has 0 atom stereocenters. The average molecular weight is 384 g/mol. The molecule has 0 aliphatic heterocycles. The van der Waals surface area contributed by atoms with Crippen LogP contribution in [0.1, 0.15) is 22.8 Å². The number of methoxy groups -OCH3 is 1. The van der Waals surface area contributed by atoms with Gasteiger partial charge < -0.3 is 9.64 Å². The number of likely N-dealkylation sites (N-methyl/N-ethyl adjacent to an activating group) is 1. The molecule has 3 rings (SSSR count). The monoisotopic (exact) mass is 383 g/mol. The van der Waals surface area contributed by atoms with E-state index in [0.717, 1.165) is 28.3 Å². The zero-order valence-electron chi connectivity index (χ0n) is 16.2. The van der Waals surface area contributed by atoms with Gasteiger partial charge in [0.15, 0.2) is 5.13 Å². The number of fused-ring (bicyclic) bond motifs is 1. The number of rotatable bonds is 7. The number of nitrogens with zero attached hydrogens (tertiary/aromatic N) is 3. The normalized spacial score (nSPS) is 11.1. The van der Waals surface area contributed by atoms with Gasteiger partial charge in [0.2, 0.25) is 0 Å². The van der Waals surface area contributed by atoms with Crippen LogP contribution in [0.15, 0.2) is 42.5 Å². The second kappa shape index (κ2) is 8.50. The summed E-state index contributed by atoms with van der Waals surface area (Å²) >= 11 is 1.56. The minimum absolute atomic E-state index is 0.0935. The Bertz CT molecular complexity index is 936. The SMILES string of the molecule is CCc1ccc2nc(N(CCN(C)C)C(=O)c3ccccc3OC)sc2c1. The molecule has 0 bridgehead atoms. The number of hydrogen-bond acceptors (Lipinski definition) is 5. The summed E-state index contributed by atoms with van der Waals surface area (Å²) in [5.41, 5.74) is 2.75. The second-order valence-corrected chi connectivity index (χ2v) is 7.62. The summed E-state index contributed by atoms with van der Waals surface area (Å²) in [6, 6.07) is 13.6. The summed E-state index contributed by atoms with van der Waals surface area (Å²) in [5.74, 6) is 0.482. The van der Waals surface area contributed by atoms with Gasteiger partial charge in [-0.15, -0.1) is 0 Å². The average Bonchev–Trinajstić information content (AvgIpc) is 3.10. The Labute approximate surface area is 164 Å². The molecule has 1 heterocycles.